The molecule has 0 radical (unpaired) electrons. The molecule has 0 heterocycles. The normalized spacial score (nSPS) is 11.6. The molecule has 1 rings (SSSR count). The van der Waals surface area contributed by atoms with Crippen molar-refractivity contribution < 1.29 is 9.18 Å². The van der Waals surface area contributed by atoms with E-state index in [-0.39, 0.29) is 30.2 Å². The van der Waals surface area contributed by atoms with Crippen LogP contribution in [0.15, 0.2) is 18.2 Å². The number of benzene rings is 1. The third kappa shape index (κ3) is 7.65. The van der Waals surface area contributed by atoms with Crippen molar-refractivity contribution in [2.45, 2.75) is 45.1 Å². The second-order valence-electron chi connectivity index (χ2n) is 4.91. The van der Waals surface area contributed by atoms with E-state index in [1.54, 1.807) is 6.07 Å². The van der Waals surface area contributed by atoms with Crippen molar-refractivity contribution in [3.05, 3.63) is 34.6 Å². The number of nitrogens with one attached hydrogen (secondary N) is 1. The Balaban J connectivity index is 0.00000400. The first-order valence-corrected chi connectivity index (χ1v) is 7.36. The topological polar surface area (TPSA) is 55.1 Å². The minimum atomic E-state index is -0.378. The molecule has 1 aromatic carbocycles. The molecule has 0 bridgehead atoms. The highest BCUT2D eigenvalue weighted by molar-refractivity contribution is 6.31. The van der Waals surface area contributed by atoms with E-state index in [2.05, 4.69) is 5.32 Å². The van der Waals surface area contributed by atoms with E-state index in [9.17, 15) is 9.18 Å². The maximum Gasteiger partial charge on any atom is 0.220 e. The zero-order valence-electron chi connectivity index (χ0n) is 12.2. The molecule has 3 nitrogen and oxygen atoms in total. The van der Waals surface area contributed by atoms with Crippen LogP contribution < -0.4 is 11.1 Å². The van der Waals surface area contributed by atoms with Gasteiger partial charge in [-0.2, -0.15) is 0 Å². The summed E-state index contributed by atoms with van der Waals surface area (Å²) in [5.41, 5.74) is 6.13. The first-order chi connectivity index (χ1) is 9.54. The smallest absolute Gasteiger partial charge is 0.220 e. The van der Waals surface area contributed by atoms with Crippen LogP contribution in [-0.2, 0) is 4.79 Å². The Morgan fingerprint density at radius 1 is 1.33 bits per heavy atom. The Hall–Kier alpha value is -0.840. The molecule has 0 saturated carbocycles. The van der Waals surface area contributed by atoms with Gasteiger partial charge in [0.15, 0.2) is 0 Å². The van der Waals surface area contributed by atoms with Gasteiger partial charge in [-0.05, 0) is 44.0 Å². The Morgan fingerprint density at radius 2 is 2.00 bits per heavy atom. The van der Waals surface area contributed by atoms with Crippen LogP contribution >= 0.6 is 24.0 Å². The van der Waals surface area contributed by atoms with Crippen molar-refractivity contribution in [3.8, 4) is 0 Å². The summed E-state index contributed by atoms with van der Waals surface area (Å²) in [5.74, 6) is -0.386. The lowest BCUT2D eigenvalue weighted by Crippen LogP contribution is -2.26. The van der Waals surface area contributed by atoms with Gasteiger partial charge in [0.2, 0.25) is 5.91 Å². The predicted molar refractivity (Wildman–Crippen MR) is 87.4 cm³/mol. The van der Waals surface area contributed by atoms with Crippen LogP contribution in [-0.4, -0.2) is 12.5 Å². The quantitative estimate of drug-likeness (QED) is 0.705. The number of nitrogens with two attached hydrogens (primary N) is 1. The Labute approximate surface area is 136 Å². The molecule has 0 spiro atoms. The molecule has 0 saturated heterocycles. The van der Waals surface area contributed by atoms with Crippen LogP contribution in [0.2, 0.25) is 5.02 Å². The molecule has 3 N–H and O–H groups in total. The van der Waals surface area contributed by atoms with Gasteiger partial charge in [-0.1, -0.05) is 30.5 Å². The highest BCUT2D eigenvalue weighted by atomic mass is 35.5. The molecule has 0 aromatic heterocycles. The monoisotopic (exact) mass is 336 g/mol. The number of hydrogen-bond donors (Lipinski definition) is 2. The third-order valence-electron chi connectivity index (χ3n) is 3.16. The Morgan fingerprint density at radius 3 is 2.62 bits per heavy atom. The average molecular weight is 337 g/mol. The minimum Gasteiger partial charge on any atom is -0.350 e. The molecular formula is C15H23Cl2FN2O. The molecule has 0 fully saturated rings. The minimum absolute atomic E-state index is 0. The van der Waals surface area contributed by atoms with Gasteiger partial charge < -0.3 is 11.1 Å². The second-order valence-corrected chi connectivity index (χ2v) is 5.32. The maximum atomic E-state index is 13.0. The number of amides is 1. The molecule has 0 aliphatic carbocycles. The van der Waals surface area contributed by atoms with E-state index in [0.717, 1.165) is 31.2 Å². The van der Waals surface area contributed by atoms with Gasteiger partial charge in [0.25, 0.3) is 0 Å². The molecule has 1 aromatic rings. The molecule has 6 heteroatoms. The van der Waals surface area contributed by atoms with Crippen molar-refractivity contribution in [2.24, 2.45) is 5.73 Å². The summed E-state index contributed by atoms with van der Waals surface area (Å²) >= 11 is 5.97. The fraction of sp³-hybridized carbons (Fsp3) is 0.533. The van der Waals surface area contributed by atoms with Crippen LogP contribution in [0, 0.1) is 5.82 Å². The van der Waals surface area contributed by atoms with E-state index >= 15 is 0 Å². The van der Waals surface area contributed by atoms with Gasteiger partial charge in [0.1, 0.15) is 5.82 Å². The van der Waals surface area contributed by atoms with Crippen molar-refractivity contribution in [1.82, 2.24) is 5.32 Å². The largest absolute Gasteiger partial charge is 0.350 e. The molecule has 1 atom stereocenters. The fourth-order valence-corrected chi connectivity index (χ4v) is 2.36. The SMILES string of the molecule is CC(NC(=O)CCCCCCN)c1ccc(F)cc1Cl.Cl. The summed E-state index contributed by atoms with van der Waals surface area (Å²) in [6.07, 6.45) is 4.42. The van der Waals surface area contributed by atoms with Gasteiger partial charge in [0, 0.05) is 11.4 Å². The Kier molecular flexibility index (Phi) is 10.4. The van der Waals surface area contributed by atoms with Crippen LogP contribution in [0.5, 0.6) is 0 Å². The summed E-state index contributed by atoms with van der Waals surface area (Å²) in [7, 11) is 0. The lowest BCUT2D eigenvalue weighted by Gasteiger charge is -2.15. The number of carbonyl (C=O) groups excluding carboxylic acids is 1. The van der Waals surface area contributed by atoms with Gasteiger partial charge >= 0.3 is 0 Å². The first-order valence-electron chi connectivity index (χ1n) is 6.99. The molecule has 120 valence electrons. The molecule has 1 unspecified atom stereocenters. The number of rotatable bonds is 8. The standard InChI is InChI=1S/C15H22ClFN2O.ClH/c1-11(13-8-7-12(17)10-14(13)16)19-15(20)6-4-2-3-5-9-18;/h7-8,10-11H,2-6,9,18H2,1H3,(H,19,20);1H. The van der Waals surface area contributed by atoms with Crippen LogP contribution in [0.25, 0.3) is 0 Å². The number of halogens is 3. The lowest BCUT2D eigenvalue weighted by atomic mass is 10.1. The van der Waals surface area contributed by atoms with Crippen molar-refractivity contribution in [1.29, 1.82) is 0 Å². The average Bonchev–Trinajstić information content (AvgIpc) is 2.38. The van der Waals surface area contributed by atoms with E-state index in [4.69, 9.17) is 17.3 Å². The summed E-state index contributed by atoms with van der Waals surface area (Å²) in [6, 6.07) is 3.98. The summed E-state index contributed by atoms with van der Waals surface area (Å²) < 4.78 is 13.0. The summed E-state index contributed by atoms with van der Waals surface area (Å²) in [6.45, 7) is 2.54. The van der Waals surface area contributed by atoms with Crippen molar-refractivity contribution >= 4 is 29.9 Å². The molecule has 21 heavy (non-hydrogen) atoms. The van der Waals surface area contributed by atoms with E-state index in [1.165, 1.54) is 12.1 Å². The first kappa shape index (κ1) is 20.2. The number of hydrogen-bond acceptors (Lipinski definition) is 2. The fourth-order valence-electron chi connectivity index (χ4n) is 2.03. The van der Waals surface area contributed by atoms with Crippen LogP contribution in [0.3, 0.4) is 0 Å². The van der Waals surface area contributed by atoms with Gasteiger partial charge in [-0.3, -0.25) is 4.79 Å². The van der Waals surface area contributed by atoms with E-state index in [1.807, 2.05) is 6.92 Å². The lowest BCUT2D eigenvalue weighted by molar-refractivity contribution is -0.121. The summed E-state index contributed by atoms with van der Waals surface area (Å²) in [4.78, 5) is 11.8. The molecule has 0 aliphatic heterocycles. The molecule has 0 aliphatic rings. The second kappa shape index (κ2) is 10.8. The predicted octanol–water partition coefficient (Wildman–Crippen LogP) is 3.99. The van der Waals surface area contributed by atoms with Crippen molar-refractivity contribution in [3.63, 3.8) is 0 Å². The maximum absolute atomic E-state index is 13.0. The van der Waals surface area contributed by atoms with E-state index < -0.39 is 0 Å². The van der Waals surface area contributed by atoms with Gasteiger partial charge in [-0.15, -0.1) is 12.4 Å². The number of unbranched alkanes of at least 4 members (excludes halogenated alkanes) is 3. The highest BCUT2D eigenvalue weighted by Gasteiger charge is 2.12. The zero-order chi connectivity index (χ0) is 15.0. The third-order valence-corrected chi connectivity index (χ3v) is 3.49. The van der Waals surface area contributed by atoms with Gasteiger partial charge in [0.05, 0.1) is 6.04 Å². The van der Waals surface area contributed by atoms with Crippen molar-refractivity contribution in [2.75, 3.05) is 6.54 Å². The van der Waals surface area contributed by atoms with Crippen LogP contribution in [0.4, 0.5) is 4.39 Å². The number of carbonyl (C=O) groups is 1. The summed E-state index contributed by atoms with van der Waals surface area (Å²) in [5, 5.41) is 3.21. The van der Waals surface area contributed by atoms with Crippen LogP contribution in [0.1, 0.15) is 50.6 Å². The van der Waals surface area contributed by atoms with E-state index in [0.29, 0.717) is 18.0 Å². The molecular weight excluding hydrogens is 314 g/mol. The Bertz CT molecular complexity index is 444. The molecule has 1 amide bonds. The highest BCUT2D eigenvalue weighted by Crippen LogP contribution is 2.23. The zero-order valence-corrected chi connectivity index (χ0v) is 13.8. The van der Waals surface area contributed by atoms with Gasteiger partial charge in [-0.25, -0.2) is 4.39 Å².